The number of carbonyl (C=O) groups is 1. The third-order valence-electron chi connectivity index (χ3n) is 4.41. The molecule has 126 valence electrons. The second-order valence-corrected chi connectivity index (χ2v) is 6.74. The van der Waals surface area contributed by atoms with Crippen molar-refractivity contribution in [2.24, 2.45) is 5.92 Å². The van der Waals surface area contributed by atoms with Crippen LogP contribution in [-0.4, -0.2) is 28.9 Å². The number of likely N-dealkylation sites (tertiary alicyclic amines) is 1. The SMILES string of the molecule is CC(C)CNc1ncccc1[C@H]1CCCN1C(=O)c1ccccc1. The molecule has 1 amide bonds. The fourth-order valence-corrected chi connectivity index (χ4v) is 3.21. The molecule has 1 aromatic heterocycles. The lowest BCUT2D eigenvalue weighted by Gasteiger charge is -2.27. The molecule has 0 radical (unpaired) electrons. The van der Waals surface area contributed by atoms with E-state index in [2.05, 4.69) is 30.2 Å². The maximum absolute atomic E-state index is 12.9. The number of hydrogen-bond acceptors (Lipinski definition) is 3. The van der Waals surface area contributed by atoms with Crippen molar-refractivity contribution >= 4 is 11.7 Å². The van der Waals surface area contributed by atoms with E-state index in [9.17, 15) is 4.79 Å². The number of benzene rings is 1. The number of rotatable bonds is 5. The van der Waals surface area contributed by atoms with E-state index in [1.807, 2.05) is 47.5 Å². The van der Waals surface area contributed by atoms with Crippen LogP contribution in [0.5, 0.6) is 0 Å². The smallest absolute Gasteiger partial charge is 0.254 e. The van der Waals surface area contributed by atoms with Gasteiger partial charge in [-0.25, -0.2) is 4.98 Å². The van der Waals surface area contributed by atoms with Gasteiger partial charge in [0.15, 0.2) is 0 Å². The van der Waals surface area contributed by atoms with Gasteiger partial charge in [-0.05, 0) is 37.0 Å². The summed E-state index contributed by atoms with van der Waals surface area (Å²) < 4.78 is 0. The van der Waals surface area contributed by atoms with E-state index in [1.54, 1.807) is 0 Å². The second-order valence-electron chi connectivity index (χ2n) is 6.74. The van der Waals surface area contributed by atoms with Crippen LogP contribution >= 0.6 is 0 Å². The first-order chi connectivity index (χ1) is 11.7. The molecule has 4 heteroatoms. The lowest BCUT2D eigenvalue weighted by Crippen LogP contribution is -2.31. The van der Waals surface area contributed by atoms with Crippen LogP contribution in [0, 0.1) is 5.92 Å². The van der Waals surface area contributed by atoms with Gasteiger partial charge in [-0.1, -0.05) is 38.1 Å². The lowest BCUT2D eigenvalue weighted by molar-refractivity contribution is 0.0736. The van der Waals surface area contributed by atoms with E-state index >= 15 is 0 Å². The van der Waals surface area contributed by atoms with Gasteiger partial charge in [-0.3, -0.25) is 4.79 Å². The largest absolute Gasteiger partial charge is 0.370 e. The van der Waals surface area contributed by atoms with Crippen LogP contribution in [0.2, 0.25) is 0 Å². The Morgan fingerprint density at radius 1 is 1.25 bits per heavy atom. The molecule has 1 N–H and O–H groups in total. The molecule has 1 atom stereocenters. The minimum atomic E-state index is 0.0982. The first-order valence-electron chi connectivity index (χ1n) is 8.71. The van der Waals surface area contributed by atoms with Gasteiger partial charge in [0.25, 0.3) is 5.91 Å². The van der Waals surface area contributed by atoms with Crippen molar-refractivity contribution in [3.63, 3.8) is 0 Å². The van der Waals surface area contributed by atoms with Gasteiger partial charge in [0, 0.05) is 30.4 Å². The molecule has 1 aliphatic heterocycles. The van der Waals surface area contributed by atoms with Gasteiger partial charge >= 0.3 is 0 Å². The predicted octanol–water partition coefficient (Wildman–Crippen LogP) is 4.13. The van der Waals surface area contributed by atoms with Gasteiger partial charge in [0.2, 0.25) is 0 Å². The van der Waals surface area contributed by atoms with E-state index in [-0.39, 0.29) is 11.9 Å². The molecule has 1 aromatic carbocycles. The van der Waals surface area contributed by atoms with Gasteiger partial charge in [0.1, 0.15) is 5.82 Å². The van der Waals surface area contributed by atoms with Crippen molar-refractivity contribution < 1.29 is 4.79 Å². The molecular formula is C20H25N3O. The summed E-state index contributed by atoms with van der Waals surface area (Å²) in [7, 11) is 0. The normalized spacial score (nSPS) is 17.3. The summed E-state index contributed by atoms with van der Waals surface area (Å²) in [5.41, 5.74) is 1.88. The van der Waals surface area contributed by atoms with Crippen LogP contribution < -0.4 is 5.32 Å². The summed E-state index contributed by atoms with van der Waals surface area (Å²) in [5, 5.41) is 3.44. The number of nitrogens with one attached hydrogen (secondary N) is 1. The van der Waals surface area contributed by atoms with Gasteiger partial charge in [-0.2, -0.15) is 0 Å². The maximum Gasteiger partial charge on any atom is 0.254 e. The van der Waals surface area contributed by atoms with E-state index < -0.39 is 0 Å². The van der Waals surface area contributed by atoms with Crippen LogP contribution in [0.15, 0.2) is 48.7 Å². The van der Waals surface area contributed by atoms with Crippen molar-refractivity contribution in [2.45, 2.75) is 32.7 Å². The van der Waals surface area contributed by atoms with E-state index in [0.717, 1.165) is 42.9 Å². The van der Waals surface area contributed by atoms with Crippen molar-refractivity contribution in [3.05, 3.63) is 59.8 Å². The number of aromatic nitrogens is 1. The molecule has 0 bridgehead atoms. The molecule has 1 aliphatic rings. The topological polar surface area (TPSA) is 45.2 Å². The Hall–Kier alpha value is -2.36. The standard InChI is InChI=1S/C20H25N3O/c1-15(2)14-22-19-17(10-6-12-21-19)18-11-7-13-23(18)20(24)16-8-4-3-5-9-16/h3-6,8-10,12,15,18H,7,11,13-14H2,1-2H3,(H,21,22)/t18-/m1/s1. The Morgan fingerprint density at radius 3 is 2.79 bits per heavy atom. The highest BCUT2D eigenvalue weighted by Crippen LogP contribution is 2.36. The number of nitrogens with zero attached hydrogens (tertiary/aromatic N) is 2. The molecule has 2 heterocycles. The first kappa shape index (κ1) is 16.5. The summed E-state index contributed by atoms with van der Waals surface area (Å²) >= 11 is 0. The average molecular weight is 323 g/mol. The third-order valence-corrected chi connectivity index (χ3v) is 4.41. The van der Waals surface area contributed by atoms with Crippen LogP contribution in [0.4, 0.5) is 5.82 Å². The second kappa shape index (κ2) is 7.47. The minimum absolute atomic E-state index is 0.0982. The highest BCUT2D eigenvalue weighted by atomic mass is 16.2. The third kappa shape index (κ3) is 3.58. The molecule has 0 spiro atoms. The summed E-state index contributed by atoms with van der Waals surface area (Å²) in [6, 6.07) is 13.7. The Bertz CT molecular complexity index is 684. The summed E-state index contributed by atoms with van der Waals surface area (Å²) in [6.07, 6.45) is 3.83. The van der Waals surface area contributed by atoms with E-state index in [4.69, 9.17) is 0 Å². The molecule has 1 fully saturated rings. The number of amides is 1. The van der Waals surface area contributed by atoms with Crippen LogP contribution in [-0.2, 0) is 0 Å². The summed E-state index contributed by atoms with van der Waals surface area (Å²) in [5.74, 6) is 1.56. The summed E-state index contributed by atoms with van der Waals surface area (Å²) in [6.45, 7) is 6.03. The molecule has 0 saturated carbocycles. The lowest BCUT2D eigenvalue weighted by atomic mass is 10.0. The van der Waals surface area contributed by atoms with Crippen molar-refractivity contribution in [3.8, 4) is 0 Å². The molecule has 0 unspecified atom stereocenters. The molecule has 3 rings (SSSR count). The summed E-state index contributed by atoms with van der Waals surface area (Å²) in [4.78, 5) is 19.4. The van der Waals surface area contributed by atoms with E-state index in [1.165, 1.54) is 0 Å². The van der Waals surface area contributed by atoms with Crippen molar-refractivity contribution in [2.75, 3.05) is 18.4 Å². The average Bonchev–Trinajstić information content (AvgIpc) is 3.09. The van der Waals surface area contributed by atoms with Crippen molar-refractivity contribution in [1.82, 2.24) is 9.88 Å². The Morgan fingerprint density at radius 2 is 2.04 bits per heavy atom. The van der Waals surface area contributed by atoms with Crippen molar-refractivity contribution in [1.29, 1.82) is 0 Å². The molecular weight excluding hydrogens is 298 g/mol. The first-order valence-corrected chi connectivity index (χ1v) is 8.71. The molecule has 1 saturated heterocycles. The zero-order chi connectivity index (χ0) is 16.9. The predicted molar refractivity (Wildman–Crippen MR) is 97.0 cm³/mol. The maximum atomic E-state index is 12.9. The highest BCUT2D eigenvalue weighted by molar-refractivity contribution is 5.94. The zero-order valence-corrected chi connectivity index (χ0v) is 14.4. The van der Waals surface area contributed by atoms with Gasteiger partial charge in [0.05, 0.1) is 6.04 Å². The Balaban J connectivity index is 1.84. The number of carbonyl (C=O) groups excluding carboxylic acids is 1. The molecule has 0 aliphatic carbocycles. The Kier molecular flexibility index (Phi) is 5.14. The van der Waals surface area contributed by atoms with Crippen LogP contribution in [0.1, 0.15) is 48.7 Å². The van der Waals surface area contributed by atoms with Crippen LogP contribution in [0.25, 0.3) is 0 Å². The zero-order valence-electron chi connectivity index (χ0n) is 14.4. The fraction of sp³-hybridized carbons (Fsp3) is 0.400. The number of pyridine rings is 1. The van der Waals surface area contributed by atoms with E-state index in [0.29, 0.717) is 5.92 Å². The Labute approximate surface area is 143 Å². The van der Waals surface area contributed by atoms with Gasteiger partial charge in [-0.15, -0.1) is 0 Å². The molecule has 4 nitrogen and oxygen atoms in total. The monoisotopic (exact) mass is 323 g/mol. The fourth-order valence-electron chi connectivity index (χ4n) is 3.21. The number of anilines is 1. The highest BCUT2D eigenvalue weighted by Gasteiger charge is 2.32. The quantitative estimate of drug-likeness (QED) is 0.900. The molecule has 2 aromatic rings. The van der Waals surface area contributed by atoms with Crippen LogP contribution in [0.3, 0.4) is 0 Å². The molecule has 24 heavy (non-hydrogen) atoms. The van der Waals surface area contributed by atoms with Gasteiger partial charge < -0.3 is 10.2 Å². The minimum Gasteiger partial charge on any atom is -0.370 e. The number of hydrogen-bond donors (Lipinski definition) is 1.